The van der Waals surface area contributed by atoms with E-state index in [-0.39, 0.29) is 5.91 Å². The summed E-state index contributed by atoms with van der Waals surface area (Å²) in [6.07, 6.45) is 5.96. The number of nitrogens with one attached hydrogen (secondary N) is 1. The number of anilines is 1. The van der Waals surface area contributed by atoms with Gasteiger partial charge in [-0.2, -0.15) is 0 Å². The molecule has 0 unspecified atom stereocenters. The van der Waals surface area contributed by atoms with Crippen molar-refractivity contribution in [3.8, 4) is 0 Å². The number of hydrogen-bond acceptors (Lipinski definition) is 1. The van der Waals surface area contributed by atoms with Gasteiger partial charge in [-0.1, -0.05) is 30.2 Å². The van der Waals surface area contributed by atoms with E-state index in [1.807, 2.05) is 24.3 Å². The van der Waals surface area contributed by atoms with Gasteiger partial charge in [0.2, 0.25) is 0 Å². The highest BCUT2D eigenvalue weighted by molar-refractivity contribution is 6.32. The number of para-hydroxylation sites is 1. The lowest BCUT2D eigenvalue weighted by Gasteiger charge is -2.15. The van der Waals surface area contributed by atoms with Crippen molar-refractivity contribution in [1.29, 1.82) is 0 Å². The normalized spacial score (nSPS) is 19.6. The molecule has 1 aliphatic heterocycles. The Bertz CT molecular complexity index is 465. The molecule has 0 atom stereocenters. The number of benzene rings is 1. The quantitative estimate of drug-likeness (QED) is 0.658. The van der Waals surface area contributed by atoms with Crippen molar-refractivity contribution in [2.24, 2.45) is 0 Å². The minimum absolute atomic E-state index is 0.0955. The predicted octanol–water partition coefficient (Wildman–Crippen LogP) is 3.36. The molecule has 3 rings (SSSR count). The smallest absolute Gasteiger partial charge is 0.256 e. The van der Waals surface area contributed by atoms with E-state index < -0.39 is 0 Å². The summed E-state index contributed by atoms with van der Waals surface area (Å²) < 4.78 is 0. The molecular weight excluding hydrogens is 198 g/mol. The zero-order chi connectivity index (χ0) is 11.0. The topological polar surface area (TPSA) is 29.1 Å². The highest BCUT2D eigenvalue weighted by atomic mass is 16.2. The molecule has 0 saturated heterocycles. The van der Waals surface area contributed by atoms with Crippen LogP contribution in [-0.2, 0) is 4.79 Å². The lowest BCUT2D eigenvalue weighted by atomic mass is 9.89. The maximum absolute atomic E-state index is 12.0. The Hall–Kier alpha value is -1.57. The van der Waals surface area contributed by atoms with Crippen LogP contribution in [0.4, 0.5) is 5.69 Å². The Kier molecular flexibility index (Phi) is 2.28. The molecule has 1 heterocycles. The SMILES string of the molecule is O=C1Nc2ccccc2C1=C1CCCCC1. The van der Waals surface area contributed by atoms with Crippen molar-refractivity contribution in [2.75, 3.05) is 5.32 Å². The van der Waals surface area contributed by atoms with Gasteiger partial charge >= 0.3 is 0 Å². The zero-order valence-electron chi connectivity index (χ0n) is 9.25. The predicted molar refractivity (Wildman–Crippen MR) is 65.1 cm³/mol. The number of carbonyl (C=O) groups is 1. The standard InChI is InChI=1S/C14H15NO/c16-14-13(10-6-2-1-3-7-10)11-8-4-5-9-12(11)15-14/h4-5,8-9H,1-3,6-7H2,(H,15,16). The van der Waals surface area contributed by atoms with Gasteiger partial charge in [0, 0.05) is 16.8 Å². The third kappa shape index (κ3) is 1.45. The van der Waals surface area contributed by atoms with Crippen LogP contribution < -0.4 is 5.32 Å². The van der Waals surface area contributed by atoms with E-state index in [1.54, 1.807) is 0 Å². The van der Waals surface area contributed by atoms with Gasteiger partial charge in [-0.15, -0.1) is 0 Å². The molecule has 1 aromatic carbocycles. The number of carbonyl (C=O) groups excluding carboxylic acids is 1. The van der Waals surface area contributed by atoms with E-state index in [1.165, 1.54) is 24.8 Å². The van der Waals surface area contributed by atoms with E-state index in [2.05, 4.69) is 5.32 Å². The summed E-state index contributed by atoms with van der Waals surface area (Å²) in [4.78, 5) is 12.0. The Labute approximate surface area is 95.4 Å². The van der Waals surface area contributed by atoms with E-state index in [0.29, 0.717) is 0 Å². The van der Waals surface area contributed by atoms with E-state index in [4.69, 9.17) is 0 Å². The van der Waals surface area contributed by atoms with Gasteiger partial charge in [-0.3, -0.25) is 4.79 Å². The molecule has 82 valence electrons. The van der Waals surface area contributed by atoms with Gasteiger partial charge < -0.3 is 5.32 Å². The van der Waals surface area contributed by atoms with Crippen LogP contribution in [0, 0.1) is 0 Å². The van der Waals surface area contributed by atoms with Crippen LogP contribution in [-0.4, -0.2) is 5.91 Å². The van der Waals surface area contributed by atoms with Crippen LogP contribution in [0.2, 0.25) is 0 Å². The number of allylic oxidation sites excluding steroid dienone is 1. The van der Waals surface area contributed by atoms with Crippen molar-refractivity contribution in [3.63, 3.8) is 0 Å². The van der Waals surface area contributed by atoms with E-state index in [9.17, 15) is 4.79 Å². The average molecular weight is 213 g/mol. The molecule has 1 amide bonds. The van der Waals surface area contributed by atoms with Crippen LogP contribution >= 0.6 is 0 Å². The van der Waals surface area contributed by atoms with E-state index in [0.717, 1.165) is 29.7 Å². The minimum atomic E-state index is 0.0955. The molecule has 0 bridgehead atoms. The van der Waals surface area contributed by atoms with Crippen LogP contribution in [0.25, 0.3) is 5.57 Å². The zero-order valence-corrected chi connectivity index (χ0v) is 9.25. The van der Waals surface area contributed by atoms with Gasteiger partial charge in [-0.25, -0.2) is 0 Å². The fraction of sp³-hybridized carbons (Fsp3) is 0.357. The Balaban J connectivity index is 2.10. The maximum Gasteiger partial charge on any atom is 0.256 e. The Morgan fingerprint density at radius 2 is 1.75 bits per heavy atom. The number of fused-ring (bicyclic) bond motifs is 1. The first-order valence-corrected chi connectivity index (χ1v) is 5.99. The van der Waals surface area contributed by atoms with Crippen molar-refractivity contribution >= 4 is 17.2 Å². The third-order valence-electron chi connectivity index (χ3n) is 3.48. The number of amides is 1. The average Bonchev–Trinajstić information content (AvgIpc) is 2.66. The van der Waals surface area contributed by atoms with Gasteiger partial charge in [0.25, 0.3) is 5.91 Å². The van der Waals surface area contributed by atoms with Crippen LogP contribution in [0.15, 0.2) is 29.8 Å². The largest absolute Gasteiger partial charge is 0.321 e. The van der Waals surface area contributed by atoms with Crippen molar-refractivity contribution in [2.45, 2.75) is 32.1 Å². The highest BCUT2D eigenvalue weighted by Gasteiger charge is 2.27. The van der Waals surface area contributed by atoms with Gasteiger partial charge in [0.05, 0.1) is 0 Å². The fourth-order valence-electron chi connectivity index (χ4n) is 2.70. The van der Waals surface area contributed by atoms with Crippen LogP contribution in [0.1, 0.15) is 37.7 Å². The molecular formula is C14H15NO. The molecule has 16 heavy (non-hydrogen) atoms. The van der Waals surface area contributed by atoms with Crippen molar-refractivity contribution in [1.82, 2.24) is 0 Å². The third-order valence-corrected chi connectivity index (χ3v) is 3.48. The molecule has 1 N–H and O–H groups in total. The van der Waals surface area contributed by atoms with Crippen molar-refractivity contribution < 1.29 is 4.79 Å². The molecule has 1 fully saturated rings. The summed E-state index contributed by atoms with van der Waals surface area (Å²) in [5, 5.41) is 2.95. The molecule has 2 heteroatoms. The molecule has 0 spiro atoms. The molecule has 2 aliphatic rings. The van der Waals surface area contributed by atoms with Gasteiger partial charge in [-0.05, 0) is 31.7 Å². The molecule has 2 nitrogen and oxygen atoms in total. The first kappa shape index (κ1) is 9.64. The van der Waals surface area contributed by atoms with Crippen LogP contribution in [0.5, 0.6) is 0 Å². The Morgan fingerprint density at radius 3 is 2.56 bits per heavy atom. The summed E-state index contributed by atoms with van der Waals surface area (Å²) >= 11 is 0. The first-order valence-electron chi connectivity index (χ1n) is 5.99. The lowest BCUT2D eigenvalue weighted by molar-refractivity contribution is -0.110. The number of hydrogen-bond donors (Lipinski definition) is 1. The second-order valence-electron chi connectivity index (χ2n) is 4.54. The lowest BCUT2D eigenvalue weighted by Crippen LogP contribution is -2.07. The summed E-state index contributed by atoms with van der Waals surface area (Å²) in [5.41, 5.74) is 4.38. The molecule has 0 radical (unpaired) electrons. The maximum atomic E-state index is 12.0. The number of rotatable bonds is 0. The monoisotopic (exact) mass is 213 g/mol. The molecule has 1 aliphatic carbocycles. The minimum Gasteiger partial charge on any atom is -0.321 e. The second kappa shape index (κ2) is 3.78. The van der Waals surface area contributed by atoms with Crippen LogP contribution in [0.3, 0.4) is 0 Å². The van der Waals surface area contributed by atoms with E-state index >= 15 is 0 Å². The molecule has 1 saturated carbocycles. The summed E-state index contributed by atoms with van der Waals surface area (Å²) in [6.45, 7) is 0. The first-order chi connectivity index (χ1) is 7.86. The fourth-order valence-corrected chi connectivity index (χ4v) is 2.70. The van der Waals surface area contributed by atoms with Crippen molar-refractivity contribution in [3.05, 3.63) is 35.4 Å². The summed E-state index contributed by atoms with van der Waals surface area (Å²) in [7, 11) is 0. The van der Waals surface area contributed by atoms with Gasteiger partial charge in [0.15, 0.2) is 0 Å². The Morgan fingerprint density at radius 1 is 1.00 bits per heavy atom. The summed E-state index contributed by atoms with van der Waals surface area (Å²) in [5.74, 6) is 0.0955. The summed E-state index contributed by atoms with van der Waals surface area (Å²) in [6, 6.07) is 7.99. The molecule has 1 aromatic rings. The highest BCUT2D eigenvalue weighted by Crippen LogP contribution is 2.38. The second-order valence-corrected chi connectivity index (χ2v) is 4.54. The van der Waals surface area contributed by atoms with Gasteiger partial charge in [0.1, 0.15) is 0 Å². The molecule has 0 aromatic heterocycles.